The number of rotatable bonds is 8. The van der Waals surface area contributed by atoms with Crippen molar-refractivity contribution in [1.29, 1.82) is 0 Å². The Labute approximate surface area is 198 Å². The first kappa shape index (κ1) is 22.5. The molecule has 1 aliphatic rings. The second kappa shape index (κ2) is 10.3. The van der Waals surface area contributed by atoms with E-state index in [9.17, 15) is 4.79 Å². The molecule has 0 radical (unpaired) electrons. The monoisotopic (exact) mass is 547 g/mol. The number of nitrogens with zero attached hydrogens (tertiary/aromatic N) is 4. The Morgan fingerprint density at radius 2 is 1.81 bits per heavy atom. The topological polar surface area (TPSA) is 94.0 Å². The van der Waals surface area contributed by atoms with Crippen molar-refractivity contribution in [3.05, 3.63) is 64.6 Å². The summed E-state index contributed by atoms with van der Waals surface area (Å²) in [5.41, 5.74) is 2.53. The maximum absolute atomic E-state index is 12.3. The van der Waals surface area contributed by atoms with Crippen LogP contribution in [-0.2, 0) is 0 Å². The molecule has 0 unspecified atom stereocenters. The van der Waals surface area contributed by atoms with Crippen molar-refractivity contribution in [3.8, 4) is 11.4 Å². The van der Waals surface area contributed by atoms with Gasteiger partial charge in [0.25, 0.3) is 0 Å². The number of aromatic nitrogens is 4. The Kier molecular flexibility index (Phi) is 7.23. The predicted molar refractivity (Wildman–Crippen MR) is 121 cm³/mol. The van der Waals surface area contributed by atoms with Gasteiger partial charge in [-0.15, -0.1) is 0 Å². The SMILES string of the molecule is CC[I-]Oc1ccc(=O)n(-c2ccc(N[C@H]3CC[C@H](Nc4cnc(C)c(C)n4)C3)nc2)c1. The van der Waals surface area contributed by atoms with Gasteiger partial charge in [-0.25, -0.2) is 4.98 Å². The van der Waals surface area contributed by atoms with Crippen molar-refractivity contribution in [2.75, 3.05) is 15.1 Å². The number of aryl methyl sites for hydroxylation is 2. The van der Waals surface area contributed by atoms with Crippen LogP contribution in [0.2, 0.25) is 0 Å². The summed E-state index contributed by atoms with van der Waals surface area (Å²) in [6, 6.07) is 7.78. The van der Waals surface area contributed by atoms with Gasteiger partial charge in [0, 0.05) is 0 Å². The molecule has 1 aliphatic carbocycles. The van der Waals surface area contributed by atoms with Crippen LogP contribution in [0.3, 0.4) is 0 Å². The Morgan fingerprint density at radius 3 is 2.50 bits per heavy atom. The minimum atomic E-state index is -0.335. The van der Waals surface area contributed by atoms with Crippen LogP contribution in [0.5, 0.6) is 5.75 Å². The Hall–Kier alpha value is -2.69. The van der Waals surface area contributed by atoms with Gasteiger partial charge in [-0.3, -0.25) is 4.98 Å². The third-order valence-corrected chi connectivity index (χ3v) is 6.93. The van der Waals surface area contributed by atoms with E-state index in [1.807, 2.05) is 26.0 Å². The fourth-order valence-corrected chi connectivity index (χ4v) is 4.65. The molecule has 0 saturated heterocycles. The normalized spacial score (nSPS) is 18.0. The van der Waals surface area contributed by atoms with Crippen LogP contribution >= 0.6 is 0 Å². The zero-order valence-corrected chi connectivity index (χ0v) is 20.7. The van der Waals surface area contributed by atoms with Crippen molar-refractivity contribution in [2.24, 2.45) is 0 Å². The summed E-state index contributed by atoms with van der Waals surface area (Å²) in [7, 11) is 0. The van der Waals surface area contributed by atoms with E-state index in [1.54, 1.807) is 29.2 Å². The van der Waals surface area contributed by atoms with Crippen LogP contribution < -0.4 is 40.9 Å². The van der Waals surface area contributed by atoms with Crippen molar-refractivity contribution < 1.29 is 24.7 Å². The molecule has 170 valence electrons. The molecule has 0 bridgehead atoms. The molecule has 32 heavy (non-hydrogen) atoms. The molecule has 0 amide bonds. The summed E-state index contributed by atoms with van der Waals surface area (Å²) in [4.78, 5) is 25.8. The first-order chi connectivity index (χ1) is 15.5. The molecular formula is C23H28IN6O2-. The van der Waals surface area contributed by atoms with Crippen molar-refractivity contribution in [3.63, 3.8) is 0 Å². The van der Waals surface area contributed by atoms with Crippen molar-refractivity contribution in [2.45, 2.75) is 52.1 Å². The summed E-state index contributed by atoms with van der Waals surface area (Å²) in [6.07, 6.45) is 8.36. The second-order valence-electron chi connectivity index (χ2n) is 7.85. The fraction of sp³-hybridized carbons (Fsp3) is 0.391. The van der Waals surface area contributed by atoms with E-state index in [4.69, 9.17) is 3.07 Å². The number of hydrogen-bond acceptors (Lipinski definition) is 7. The second-order valence-corrected chi connectivity index (χ2v) is 10.4. The minimum absolute atomic E-state index is 0.103. The number of pyridine rings is 2. The molecule has 3 aromatic rings. The first-order valence-electron chi connectivity index (χ1n) is 10.8. The van der Waals surface area contributed by atoms with E-state index in [0.717, 1.165) is 58.2 Å². The molecule has 3 aromatic heterocycles. The molecule has 1 saturated carbocycles. The van der Waals surface area contributed by atoms with Crippen LogP contribution in [0.1, 0.15) is 37.6 Å². The summed E-state index contributed by atoms with van der Waals surface area (Å²) >= 11 is -0.335. The molecule has 0 aromatic carbocycles. The Morgan fingerprint density at radius 1 is 1.03 bits per heavy atom. The quantitative estimate of drug-likeness (QED) is 0.313. The summed E-state index contributed by atoms with van der Waals surface area (Å²) in [6.45, 7) is 6.04. The number of anilines is 2. The molecule has 8 nitrogen and oxygen atoms in total. The summed E-state index contributed by atoms with van der Waals surface area (Å²) in [5.74, 6) is 2.36. The van der Waals surface area contributed by atoms with E-state index in [-0.39, 0.29) is 27.2 Å². The van der Waals surface area contributed by atoms with E-state index in [2.05, 4.69) is 32.5 Å². The molecule has 1 fully saturated rings. The third-order valence-electron chi connectivity index (χ3n) is 5.49. The molecule has 0 aliphatic heterocycles. The molecule has 0 spiro atoms. The number of alkyl halides is 1. The number of hydrogen-bond donors (Lipinski definition) is 2. The molecule has 3 heterocycles. The third kappa shape index (κ3) is 5.56. The van der Waals surface area contributed by atoms with Crippen LogP contribution in [-0.4, -0.2) is 36.0 Å². The van der Waals surface area contributed by atoms with Gasteiger partial charge < -0.3 is 5.32 Å². The van der Waals surface area contributed by atoms with Gasteiger partial charge in [-0.1, -0.05) is 0 Å². The van der Waals surface area contributed by atoms with Crippen LogP contribution in [0, 0.1) is 13.8 Å². The predicted octanol–water partition coefficient (Wildman–Crippen LogP) is 0.487. The molecule has 2 N–H and O–H groups in total. The number of halogens is 1. The molecular weight excluding hydrogens is 519 g/mol. The van der Waals surface area contributed by atoms with Crippen LogP contribution in [0.4, 0.5) is 11.6 Å². The van der Waals surface area contributed by atoms with Crippen LogP contribution in [0.15, 0.2) is 47.7 Å². The first-order valence-corrected chi connectivity index (χ1v) is 13.2. The van der Waals surface area contributed by atoms with E-state index in [1.165, 1.54) is 6.07 Å². The Balaban J connectivity index is 1.36. The zero-order valence-electron chi connectivity index (χ0n) is 18.5. The van der Waals surface area contributed by atoms with Gasteiger partial charge >= 0.3 is 147 Å². The molecule has 2 atom stereocenters. The van der Waals surface area contributed by atoms with Crippen molar-refractivity contribution in [1.82, 2.24) is 19.5 Å². The van der Waals surface area contributed by atoms with Crippen molar-refractivity contribution >= 4 is 11.6 Å². The summed E-state index contributed by atoms with van der Waals surface area (Å²) < 4.78 is 8.35. The van der Waals surface area contributed by atoms with Gasteiger partial charge in [-0.2, -0.15) is 0 Å². The fourth-order valence-electron chi connectivity index (χ4n) is 3.72. The maximum atomic E-state index is 12.3. The average Bonchev–Trinajstić information content (AvgIpc) is 3.23. The Bertz CT molecular complexity index is 1120. The van der Waals surface area contributed by atoms with Gasteiger partial charge in [0.15, 0.2) is 0 Å². The van der Waals surface area contributed by atoms with Gasteiger partial charge in [0.1, 0.15) is 5.82 Å². The van der Waals surface area contributed by atoms with Gasteiger partial charge in [0.05, 0.1) is 17.6 Å². The van der Waals surface area contributed by atoms with E-state index < -0.39 is 0 Å². The zero-order chi connectivity index (χ0) is 22.5. The van der Waals surface area contributed by atoms with E-state index in [0.29, 0.717) is 12.1 Å². The van der Waals surface area contributed by atoms with Gasteiger partial charge in [0.2, 0.25) is 0 Å². The number of nitrogens with one attached hydrogen (secondary N) is 2. The van der Waals surface area contributed by atoms with E-state index >= 15 is 0 Å². The summed E-state index contributed by atoms with van der Waals surface area (Å²) in [5, 5.41) is 7.01. The molecule has 9 heteroatoms. The average molecular weight is 547 g/mol. The van der Waals surface area contributed by atoms with Gasteiger partial charge in [-0.05, 0) is 13.8 Å². The van der Waals surface area contributed by atoms with Crippen LogP contribution in [0.25, 0.3) is 5.69 Å². The molecule has 4 rings (SSSR count). The standard InChI is InChI=1S/C23H28IN6O2/c1-4-24-32-20-8-10-23(31)30(14-20)19-7-9-21(26-12-19)28-17-5-6-18(11-17)29-22-13-25-15(2)16(3)27-22/h7-10,12-14,17-18H,4-6,11H2,1-3H3,(H,26,28)(H,27,29)/q-1/t17-,18-/m0/s1.